The molecule has 0 spiro atoms. The SMILES string of the molecule is CS(=O)(=O)Nc1c(F)ccc(C(=O)c2n[nH]c3ncc(-c4ccncc4)cc23)c1F.Cl. The molecule has 3 aromatic heterocycles. The van der Waals surface area contributed by atoms with Gasteiger partial charge in [0.25, 0.3) is 0 Å². The number of hydrogen-bond acceptors (Lipinski definition) is 6. The number of nitrogens with zero attached hydrogens (tertiary/aromatic N) is 3. The standard InChI is InChI=1S/C19H13F2N5O3S.ClH/c1-30(28,29)26-17-14(20)3-2-12(15(17)21)18(27)16-13-8-11(9-23-19(13)25-24-16)10-4-6-22-7-5-10;/h2-9,26H,1H3,(H,23,24,25);1H. The number of benzene rings is 1. The van der Waals surface area contributed by atoms with Crippen LogP contribution in [0.1, 0.15) is 16.1 Å². The van der Waals surface area contributed by atoms with Gasteiger partial charge in [0.15, 0.2) is 11.5 Å². The number of H-pyrrole nitrogens is 1. The van der Waals surface area contributed by atoms with Crippen molar-refractivity contribution in [2.24, 2.45) is 0 Å². The lowest BCUT2D eigenvalue weighted by Gasteiger charge is -2.09. The van der Waals surface area contributed by atoms with Gasteiger partial charge in [-0.05, 0) is 35.9 Å². The fourth-order valence-corrected chi connectivity index (χ4v) is 3.47. The molecule has 8 nitrogen and oxygen atoms in total. The van der Waals surface area contributed by atoms with Crippen LogP contribution in [0.15, 0.2) is 48.9 Å². The van der Waals surface area contributed by atoms with Crippen LogP contribution in [0.5, 0.6) is 0 Å². The van der Waals surface area contributed by atoms with Gasteiger partial charge in [0.2, 0.25) is 15.8 Å². The number of nitrogens with one attached hydrogen (secondary N) is 2. The largest absolute Gasteiger partial charge is 0.287 e. The molecule has 0 saturated carbocycles. The Morgan fingerprint density at radius 1 is 1.10 bits per heavy atom. The molecular formula is C19H14ClF2N5O3S. The molecule has 0 amide bonds. The Bertz CT molecular complexity index is 1390. The summed E-state index contributed by atoms with van der Waals surface area (Å²) in [5, 5.41) is 6.85. The zero-order valence-corrected chi connectivity index (χ0v) is 17.4. The highest BCUT2D eigenvalue weighted by molar-refractivity contribution is 7.92. The van der Waals surface area contributed by atoms with Crippen molar-refractivity contribution < 1.29 is 22.0 Å². The number of carbonyl (C=O) groups is 1. The lowest BCUT2D eigenvalue weighted by molar-refractivity contribution is 0.103. The van der Waals surface area contributed by atoms with Gasteiger partial charge in [0.1, 0.15) is 17.2 Å². The number of ketones is 1. The maximum atomic E-state index is 14.8. The molecule has 160 valence electrons. The van der Waals surface area contributed by atoms with Gasteiger partial charge in [-0.15, -0.1) is 12.4 Å². The predicted octanol–water partition coefficient (Wildman–Crippen LogP) is 3.32. The quantitative estimate of drug-likeness (QED) is 0.436. The smallest absolute Gasteiger partial charge is 0.230 e. The van der Waals surface area contributed by atoms with E-state index in [9.17, 15) is 22.0 Å². The van der Waals surface area contributed by atoms with Crippen molar-refractivity contribution in [3.8, 4) is 11.1 Å². The van der Waals surface area contributed by atoms with Crippen LogP contribution >= 0.6 is 12.4 Å². The number of sulfonamides is 1. The number of fused-ring (bicyclic) bond motifs is 1. The average molecular weight is 466 g/mol. The molecule has 0 saturated heterocycles. The summed E-state index contributed by atoms with van der Waals surface area (Å²) in [7, 11) is -3.97. The number of pyridine rings is 2. The summed E-state index contributed by atoms with van der Waals surface area (Å²) in [4.78, 5) is 21.1. The van der Waals surface area contributed by atoms with E-state index < -0.39 is 38.7 Å². The highest BCUT2D eigenvalue weighted by Gasteiger charge is 2.25. The van der Waals surface area contributed by atoms with Gasteiger partial charge in [-0.1, -0.05) is 0 Å². The van der Waals surface area contributed by atoms with Crippen molar-refractivity contribution in [2.75, 3.05) is 11.0 Å². The molecule has 0 aliphatic rings. The van der Waals surface area contributed by atoms with Gasteiger partial charge in [-0.3, -0.25) is 19.6 Å². The van der Waals surface area contributed by atoms with Crippen LogP contribution in [0.25, 0.3) is 22.2 Å². The molecule has 0 radical (unpaired) electrons. The first-order chi connectivity index (χ1) is 14.2. The number of carbonyl (C=O) groups excluding carboxylic acids is 1. The maximum Gasteiger partial charge on any atom is 0.230 e. The Kier molecular flexibility index (Phi) is 6.00. The van der Waals surface area contributed by atoms with E-state index in [4.69, 9.17) is 0 Å². The minimum atomic E-state index is -3.97. The monoisotopic (exact) mass is 465 g/mol. The summed E-state index contributed by atoms with van der Waals surface area (Å²) < 4.78 is 53.3. The third-order valence-corrected chi connectivity index (χ3v) is 4.84. The third kappa shape index (κ3) is 4.37. The Morgan fingerprint density at radius 3 is 2.48 bits per heavy atom. The Balaban J connectivity index is 0.00000272. The first-order valence-electron chi connectivity index (χ1n) is 8.49. The first-order valence-corrected chi connectivity index (χ1v) is 10.4. The summed E-state index contributed by atoms with van der Waals surface area (Å²) in [5.74, 6) is -3.34. The molecule has 12 heteroatoms. The number of aromatic nitrogens is 4. The van der Waals surface area contributed by atoms with E-state index in [-0.39, 0.29) is 18.1 Å². The van der Waals surface area contributed by atoms with Crippen molar-refractivity contribution in [2.45, 2.75) is 0 Å². The molecule has 31 heavy (non-hydrogen) atoms. The van der Waals surface area contributed by atoms with E-state index in [0.717, 1.165) is 24.0 Å². The van der Waals surface area contributed by atoms with Crippen molar-refractivity contribution in [3.63, 3.8) is 0 Å². The summed E-state index contributed by atoms with van der Waals surface area (Å²) in [6, 6.07) is 6.91. The maximum absolute atomic E-state index is 14.8. The summed E-state index contributed by atoms with van der Waals surface area (Å²) in [5.41, 5.74) is 0.174. The molecule has 0 atom stereocenters. The highest BCUT2D eigenvalue weighted by atomic mass is 35.5. The molecule has 0 unspecified atom stereocenters. The second kappa shape index (κ2) is 8.36. The van der Waals surface area contributed by atoms with Crippen LogP contribution in [0, 0.1) is 11.6 Å². The normalized spacial score (nSPS) is 11.2. The fourth-order valence-electron chi connectivity index (χ4n) is 2.91. The zero-order valence-electron chi connectivity index (χ0n) is 15.8. The Labute approximate surface area is 181 Å². The van der Waals surface area contributed by atoms with Gasteiger partial charge in [0, 0.05) is 24.2 Å². The molecule has 2 N–H and O–H groups in total. The lowest BCUT2D eigenvalue weighted by atomic mass is 10.0. The van der Waals surface area contributed by atoms with Gasteiger partial charge in [-0.2, -0.15) is 5.10 Å². The van der Waals surface area contributed by atoms with Crippen LogP contribution in [0.2, 0.25) is 0 Å². The molecular weight excluding hydrogens is 452 g/mol. The number of aromatic amines is 1. The number of halogens is 3. The van der Waals surface area contributed by atoms with Crippen LogP contribution < -0.4 is 4.72 Å². The minimum Gasteiger partial charge on any atom is -0.287 e. The number of hydrogen-bond donors (Lipinski definition) is 2. The molecule has 0 aliphatic heterocycles. The van der Waals surface area contributed by atoms with E-state index >= 15 is 0 Å². The molecule has 0 aliphatic carbocycles. The van der Waals surface area contributed by atoms with E-state index in [1.165, 1.54) is 0 Å². The Morgan fingerprint density at radius 2 is 1.81 bits per heavy atom. The lowest BCUT2D eigenvalue weighted by Crippen LogP contribution is -2.15. The van der Waals surface area contributed by atoms with Crippen LogP contribution in [0.3, 0.4) is 0 Å². The predicted molar refractivity (Wildman–Crippen MR) is 113 cm³/mol. The van der Waals surface area contributed by atoms with Crippen molar-refractivity contribution in [1.29, 1.82) is 0 Å². The van der Waals surface area contributed by atoms with E-state index in [1.54, 1.807) is 41.5 Å². The van der Waals surface area contributed by atoms with Gasteiger partial charge in [-0.25, -0.2) is 22.2 Å². The first kappa shape index (κ1) is 22.2. The van der Waals surface area contributed by atoms with Crippen LogP contribution in [0.4, 0.5) is 14.5 Å². The van der Waals surface area contributed by atoms with Gasteiger partial charge in [0.05, 0.1) is 17.2 Å². The van der Waals surface area contributed by atoms with Crippen molar-refractivity contribution in [1.82, 2.24) is 20.2 Å². The molecule has 4 rings (SSSR count). The van der Waals surface area contributed by atoms with Crippen LogP contribution in [-0.4, -0.2) is 40.6 Å². The van der Waals surface area contributed by atoms with E-state index in [0.29, 0.717) is 16.6 Å². The third-order valence-electron chi connectivity index (χ3n) is 4.27. The summed E-state index contributed by atoms with van der Waals surface area (Å²) in [6.45, 7) is 0. The van der Waals surface area contributed by atoms with Crippen molar-refractivity contribution in [3.05, 3.63) is 71.8 Å². The Hall–Kier alpha value is -3.44. The fraction of sp³-hybridized carbons (Fsp3) is 0.0526. The number of rotatable bonds is 5. The molecule has 0 bridgehead atoms. The minimum absolute atomic E-state index is 0. The topological polar surface area (TPSA) is 118 Å². The highest BCUT2D eigenvalue weighted by Crippen LogP contribution is 2.28. The summed E-state index contributed by atoms with van der Waals surface area (Å²) in [6.07, 6.45) is 5.53. The molecule has 0 fully saturated rings. The van der Waals surface area contributed by atoms with E-state index in [2.05, 4.69) is 20.2 Å². The summed E-state index contributed by atoms with van der Waals surface area (Å²) >= 11 is 0. The molecule has 4 aromatic rings. The van der Waals surface area contributed by atoms with Crippen molar-refractivity contribution >= 4 is 44.9 Å². The number of anilines is 1. The zero-order chi connectivity index (χ0) is 21.5. The molecule has 3 heterocycles. The average Bonchev–Trinajstić information content (AvgIpc) is 3.14. The van der Waals surface area contributed by atoms with Gasteiger partial charge < -0.3 is 0 Å². The van der Waals surface area contributed by atoms with Crippen LogP contribution in [-0.2, 0) is 10.0 Å². The van der Waals surface area contributed by atoms with Gasteiger partial charge >= 0.3 is 0 Å². The van der Waals surface area contributed by atoms with E-state index in [1.807, 2.05) is 0 Å². The second-order valence-electron chi connectivity index (χ2n) is 6.42. The second-order valence-corrected chi connectivity index (χ2v) is 8.16. The molecule has 1 aromatic carbocycles.